The van der Waals surface area contributed by atoms with Gasteiger partial charge in [-0.3, -0.25) is 4.79 Å². The molecule has 1 amide bonds. The van der Waals surface area contributed by atoms with Crippen molar-refractivity contribution in [2.75, 3.05) is 17.8 Å². The number of aliphatic hydroxyl groups is 1. The van der Waals surface area contributed by atoms with Gasteiger partial charge in [0.15, 0.2) is 0 Å². The monoisotopic (exact) mass is 453 g/mol. The van der Waals surface area contributed by atoms with Crippen LogP contribution in [0.1, 0.15) is 23.2 Å². The molecule has 0 spiro atoms. The molecule has 0 radical (unpaired) electrons. The molecule has 1 aromatic heterocycles. The van der Waals surface area contributed by atoms with E-state index in [0.29, 0.717) is 37.1 Å². The van der Waals surface area contributed by atoms with Crippen molar-refractivity contribution in [1.29, 1.82) is 5.41 Å². The lowest BCUT2D eigenvalue weighted by atomic mass is 9.84. The van der Waals surface area contributed by atoms with Gasteiger partial charge in [-0.05, 0) is 61.2 Å². The van der Waals surface area contributed by atoms with Crippen LogP contribution >= 0.6 is 23.3 Å². The van der Waals surface area contributed by atoms with Crippen molar-refractivity contribution in [1.82, 2.24) is 9.88 Å². The summed E-state index contributed by atoms with van der Waals surface area (Å²) in [7, 11) is 0. The molecule has 1 saturated heterocycles. The van der Waals surface area contributed by atoms with Gasteiger partial charge in [-0.25, -0.2) is 4.98 Å². The molecule has 1 fully saturated rings. The highest BCUT2D eigenvalue weighted by Gasteiger charge is 2.36. The van der Waals surface area contributed by atoms with Gasteiger partial charge < -0.3 is 25.9 Å². The van der Waals surface area contributed by atoms with E-state index < -0.39 is 5.60 Å². The predicted molar refractivity (Wildman–Crippen MR) is 127 cm³/mol. The maximum atomic E-state index is 12.9. The number of amides is 1. The number of carbonyl (C=O) groups excluding carboxylic acids is 1. The van der Waals surface area contributed by atoms with Crippen molar-refractivity contribution in [3.05, 3.63) is 65.3 Å². The standard InChI is InChI=1S/C22H23N5O2S2/c23-12-16(13-24)22(29)8-10-27(11-9-22)21(28)15-4-6-17(7-5-15)26-31-19-3-1-2-18-20(19)25-14-30-18/h1-7,12-14,23,26,29H,8-11,24H2. The van der Waals surface area contributed by atoms with Crippen LogP contribution in [0.2, 0.25) is 0 Å². The van der Waals surface area contributed by atoms with Crippen LogP contribution in [0, 0.1) is 5.41 Å². The predicted octanol–water partition coefficient (Wildman–Crippen LogP) is 3.87. The third-order valence-corrected chi connectivity index (χ3v) is 7.17. The third kappa shape index (κ3) is 4.43. The second-order valence-corrected chi connectivity index (χ2v) is 9.06. The number of piperidine rings is 1. The molecule has 7 nitrogen and oxygen atoms in total. The molecular weight excluding hydrogens is 430 g/mol. The van der Waals surface area contributed by atoms with Crippen LogP contribution < -0.4 is 10.5 Å². The summed E-state index contributed by atoms with van der Waals surface area (Å²) in [4.78, 5) is 20.1. The van der Waals surface area contributed by atoms with Crippen LogP contribution in [0.25, 0.3) is 10.2 Å². The summed E-state index contributed by atoms with van der Waals surface area (Å²) in [5.41, 5.74) is 9.09. The lowest BCUT2D eigenvalue weighted by Crippen LogP contribution is -2.48. The van der Waals surface area contributed by atoms with E-state index >= 15 is 0 Å². The number of aromatic nitrogens is 1. The Bertz CT molecular complexity index is 1120. The van der Waals surface area contributed by atoms with Crippen LogP contribution in [0.4, 0.5) is 5.69 Å². The number of anilines is 1. The van der Waals surface area contributed by atoms with Crippen LogP contribution in [-0.4, -0.2) is 45.8 Å². The molecule has 1 aliphatic rings. The summed E-state index contributed by atoms with van der Waals surface area (Å²) >= 11 is 3.11. The molecule has 4 rings (SSSR count). The molecule has 2 aromatic carbocycles. The number of para-hydroxylation sites is 1. The van der Waals surface area contributed by atoms with E-state index in [1.165, 1.54) is 18.1 Å². The van der Waals surface area contributed by atoms with Crippen LogP contribution in [0.15, 0.2) is 64.6 Å². The highest BCUT2D eigenvalue weighted by atomic mass is 32.2. The maximum Gasteiger partial charge on any atom is 0.253 e. The van der Waals surface area contributed by atoms with Gasteiger partial charge in [0, 0.05) is 42.3 Å². The van der Waals surface area contributed by atoms with Crippen molar-refractivity contribution in [2.24, 2.45) is 5.73 Å². The Labute approximate surface area is 188 Å². The van der Waals surface area contributed by atoms with Gasteiger partial charge in [0.2, 0.25) is 0 Å². The third-order valence-electron chi connectivity index (χ3n) is 5.48. The number of benzene rings is 2. The molecule has 160 valence electrons. The Balaban J connectivity index is 1.36. The number of nitrogens with two attached hydrogens (primary N) is 1. The molecule has 9 heteroatoms. The number of carbonyl (C=O) groups is 1. The molecule has 0 unspecified atom stereocenters. The second-order valence-electron chi connectivity index (χ2n) is 7.33. The number of rotatable bonds is 6. The van der Waals surface area contributed by atoms with Crippen LogP contribution in [-0.2, 0) is 0 Å². The fourth-order valence-corrected chi connectivity index (χ4v) is 5.16. The quantitative estimate of drug-likeness (QED) is 0.333. The molecule has 31 heavy (non-hydrogen) atoms. The number of hydrogen-bond acceptors (Lipinski definition) is 8. The first kappa shape index (κ1) is 21.4. The van der Waals surface area contributed by atoms with E-state index in [-0.39, 0.29) is 5.91 Å². The zero-order valence-electron chi connectivity index (χ0n) is 16.7. The Morgan fingerprint density at radius 2 is 2.00 bits per heavy atom. The summed E-state index contributed by atoms with van der Waals surface area (Å²) in [6, 6.07) is 13.5. The summed E-state index contributed by atoms with van der Waals surface area (Å²) in [5.74, 6) is -0.0679. The summed E-state index contributed by atoms with van der Waals surface area (Å²) in [6.45, 7) is 0.821. The average molecular weight is 454 g/mol. The Kier molecular flexibility index (Phi) is 6.26. The first-order valence-electron chi connectivity index (χ1n) is 9.84. The Morgan fingerprint density at radius 1 is 1.26 bits per heavy atom. The molecular formula is C22H23N5O2S2. The fraction of sp³-hybridized carbons (Fsp3) is 0.227. The highest BCUT2D eigenvalue weighted by molar-refractivity contribution is 8.00. The van der Waals surface area contributed by atoms with E-state index in [2.05, 4.69) is 15.8 Å². The molecule has 0 saturated carbocycles. The van der Waals surface area contributed by atoms with Crippen LogP contribution in [0.5, 0.6) is 0 Å². The average Bonchev–Trinajstić information content (AvgIpc) is 3.28. The molecule has 0 atom stereocenters. The lowest BCUT2D eigenvalue weighted by molar-refractivity contribution is 0.0147. The maximum absolute atomic E-state index is 12.9. The van der Waals surface area contributed by atoms with Gasteiger partial charge in [0.1, 0.15) is 0 Å². The molecule has 5 N–H and O–H groups in total. The number of nitrogens with one attached hydrogen (secondary N) is 2. The van der Waals surface area contributed by atoms with Crippen molar-refractivity contribution >= 4 is 51.3 Å². The smallest absolute Gasteiger partial charge is 0.253 e. The normalized spacial score (nSPS) is 16.3. The van der Waals surface area contributed by atoms with Gasteiger partial charge >= 0.3 is 0 Å². The topological polar surface area (TPSA) is 115 Å². The minimum absolute atomic E-state index is 0.0679. The van der Waals surface area contributed by atoms with E-state index in [4.69, 9.17) is 11.1 Å². The first-order valence-corrected chi connectivity index (χ1v) is 11.5. The molecule has 0 aliphatic carbocycles. The molecule has 2 heterocycles. The van der Waals surface area contributed by atoms with E-state index in [1.54, 1.807) is 28.4 Å². The number of thiazole rings is 1. The SMILES string of the molecule is N=CC(=CN)C1(O)CCN(C(=O)c2ccc(NSc3cccc4scnc34)cc2)CC1. The largest absolute Gasteiger partial charge is 0.404 e. The number of fused-ring (bicyclic) bond motifs is 1. The van der Waals surface area contributed by atoms with Crippen molar-refractivity contribution in [3.63, 3.8) is 0 Å². The minimum Gasteiger partial charge on any atom is -0.404 e. The minimum atomic E-state index is -1.14. The van der Waals surface area contributed by atoms with Gasteiger partial charge in [-0.1, -0.05) is 6.07 Å². The zero-order valence-corrected chi connectivity index (χ0v) is 18.4. The summed E-state index contributed by atoms with van der Waals surface area (Å²) in [6.07, 6.45) is 3.06. The van der Waals surface area contributed by atoms with Gasteiger partial charge in [0.25, 0.3) is 5.91 Å². The van der Waals surface area contributed by atoms with Crippen molar-refractivity contribution in [2.45, 2.75) is 23.3 Å². The fourth-order valence-electron chi connectivity index (χ4n) is 3.63. The van der Waals surface area contributed by atoms with Gasteiger partial charge in [-0.15, -0.1) is 11.3 Å². The second kappa shape index (κ2) is 9.09. The molecule has 0 bridgehead atoms. The van der Waals surface area contributed by atoms with Crippen LogP contribution in [0.3, 0.4) is 0 Å². The first-order chi connectivity index (χ1) is 15.0. The Morgan fingerprint density at radius 3 is 2.68 bits per heavy atom. The highest BCUT2D eigenvalue weighted by Crippen LogP contribution is 2.31. The Hall–Kier alpha value is -2.88. The summed E-state index contributed by atoms with van der Waals surface area (Å²) < 4.78 is 4.46. The zero-order chi connectivity index (χ0) is 21.8. The van der Waals surface area contributed by atoms with Crippen molar-refractivity contribution in [3.8, 4) is 0 Å². The van der Waals surface area contributed by atoms with E-state index in [0.717, 1.165) is 27.0 Å². The number of nitrogens with zero attached hydrogens (tertiary/aromatic N) is 2. The molecule has 3 aromatic rings. The van der Waals surface area contributed by atoms with E-state index in [1.807, 2.05) is 29.8 Å². The lowest BCUT2D eigenvalue weighted by Gasteiger charge is -2.38. The summed E-state index contributed by atoms with van der Waals surface area (Å²) in [5, 5.41) is 18.1. The molecule has 1 aliphatic heterocycles. The van der Waals surface area contributed by atoms with Gasteiger partial charge in [-0.2, -0.15) is 0 Å². The number of likely N-dealkylation sites (tertiary alicyclic amines) is 1. The van der Waals surface area contributed by atoms with Gasteiger partial charge in [0.05, 0.1) is 26.2 Å². The number of hydrogen-bond donors (Lipinski definition) is 4. The van der Waals surface area contributed by atoms with Crippen molar-refractivity contribution < 1.29 is 9.90 Å². The van der Waals surface area contributed by atoms with E-state index in [9.17, 15) is 9.90 Å².